The van der Waals surface area contributed by atoms with E-state index in [1.807, 2.05) is 6.07 Å². The first-order chi connectivity index (χ1) is 18.4. The minimum absolute atomic E-state index is 0.00949. The number of thioether (sulfide) groups is 1. The lowest BCUT2D eigenvalue weighted by Crippen LogP contribution is -2.32. The third-order valence-corrected chi connectivity index (χ3v) is 7.99. The van der Waals surface area contributed by atoms with Crippen LogP contribution in [0.5, 0.6) is 5.75 Å². The predicted octanol–water partition coefficient (Wildman–Crippen LogP) is 6.37. The molecule has 194 valence electrons. The van der Waals surface area contributed by atoms with Crippen LogP contribution in [0.1, 0.15) is 28.3 Å². The molecule has 9 heteroatoms. The van der Waals surface area contributed by atoms with Gasteiger partial charge in [0.05, 0.1) is 23.7 Å². The number of oxime groups is 1. The molecule has 4 aromatic rings. The molecule has 1 atom stereocenters. The molecule has 0 amide bonds. The molecule has 1 unspecified atom stereocenters. The first-order valence-electron chi connectivity index (χ1n) is 11.8. The molecule has 2 heterocycles. The number of rotatable bonds is 6. The first kappa shape index (κ1) is 25.7. The van der Waals surface area contributed by atoms with Crippen LogP contribution in [0.4, 0.5) is 13.2 Å². The maximum atomic E-state index is 15.5. The van der Waals surface area contributed by atoms with E-state index in [0.717, 1.165) is 0 Å². The molecule has 5 rings (SSSR count). The lowest BCUT2D eigenvalue weighted by molar-refractivity contribution is 0.315. The highest BCUT2D eigenvalue weighted by molar-refractivity contribution is 7.99. The van der Waals surface area contributed by atoms with Gasteiger partial charge < -0.3 is 9.94 Å². The van der Waals surface area contributed by atoms with Crippen molar-refractivity contribution in [1.82, 2.24) is 4.57 Å². The molecule has 0 saturated heterocycles. The van der Waals surface area contributed by atoms with Gasteiger partial charge in [-0.15, -0.1) is 11.8 Å². The molecule has 0 spiro atoms. The van der Waals surface area contributed by atoms with Crippen LogP contribution in [-0.2, 0) is 6.42 Å². The van der Waals surface area contributed by atoms with Crippen LogP contribution in [0.2, 0.25) is 0 Å². The molecular weight excluding hydrogens is 513 g/mol. The number of methoxy groups -OCH3 is 1. The van der Waals surface area contributed by atoms with Gasteiger partial charge in [0.1, 0.15) is 17.3 Å². The van der Waals surface area contributed by atoms with Crippen LogP contribution in [0.15, 0.2) is 81.7 Å². The van der Waals surface area contributed by atoms with Crippen molar-refractivity contribution in [2.24, 2.45) is 5.16 Å². The summed E-state index contributed by atoms with van der Waals surface area (Å²) in [6.45, 7) is 1.65. The highest BCUT2D eigenvalue weighted by Gasteiger charge is 2.35. The van der Waals surface area contributed by atoms with Crippen LogP contribution in [0, 0.1) is 24.4 Å². The number of ether oxygens (including phenoxy) is 1. The zero-order valence-corrected chi connectivity index (χ0v) is 21.4. The molecule has 0 aliphatic carbocycles. The topological polar surface area (TPSA) is 63.8 Å². The number of pyridine rings is 1. The number of benzene rings is 3. The maximum absolute atomic E-state index is 15.5. The summed E-state index contributed by atoms with van der Waals surface area (Å²) in [6, 6.07) is 16.3. The molecule has 0 radical (unpaired) electrons. The quantitative estimate of drug-likeness (QED) is 0.177. The Bertz CT molecular complexity index is 1600. The molecule has 5 nitrogen and oxygen atoms in total. The van der Waals surface area contributed by atoms with E-state index in [1.165, 1.54) is 53.8 Å². The van der Waals surface area contributed by atoms with Gasteiger partial charge in [-0.25, -0.2) is 13.2 Å². The highest BCUT2D eigenvalue weighted by Crippen LogP contribution is 2.41. The average molecular weight is 537 g/mol. The fourth-order valence-electron chi connectivity index (χ4n) is 4.89. The minimum atomic E-state index is -0.722. The van der Waals surface area contributed by atoms with Crippen molar-refractivity contribution >= 4 is 17.5 Å². The SMILES string of the molecule is COc1cccc(-c2c(C)c(Cc3c(F)cccc3F)c3n(c2=O)C(C(=NO)c2ccccc2)CS3)c1F. The number of aromatic nitrogens is 1. The third kappa shape index (κ3) is 4.26. The standard InChI is InChI=1S/C29H23F3N2O3S/c1-16-19(14-20-21(30)11-7-12-22(20)31)29-34(23(15-38-29)27(33-36)17-8-4-3-5-9-17)28(35)25(16)18-10-6-13-24(37-2)26(18)32/h3-13,23,36H,14-15H2,1-2H3. The molecule has 0 fully saturated rings. The van der Waals surface area contributed by atoms with E-state index in [9.17, 15) is 18.8 Å². The number of nitrogens with zero attached hydrogens (tertiary/aromatic N) is 2. The molecule has 1 aliphatic heterocycles. The van der Waals surface area contributed by atoms with Crippen molar-refractivity contribution < 1.29 is 23.1 Å². The average Bonchev–Trinajstić information content (AvgIpc) is 3.35. The van der Waals surface area contributed by atoms with Crippen molar-refractivity contribution in [3.8, 4) is 16.9 Å². The number of fused-ring (bicyclic) bond motifs is 1. The summed E-state index contributed by atoms with van der Waals surface area (Å²) in [7, 11) is 1.33. The summed E-state index contributed by atoms with van der Waals surface area (Å²) >= 11 is 1.32. The summed E-state index contributed by atoms with van der Waals surface area (Å²) in [4.78, 5) is 14.1. The normalized spacial score (nSPS) is 15.0. The molecule has 1 N–H and O–H groups in total. The Hall–Kier alpha value is -3.98. The van der Waals surface area contributed by atoms with Gasteiger partial charge in [-0.05, 0) is 36.2 Å². The molecule has 3 aromatic carbocycles. The Morgan fingerprint density at radius 1 is 1.03 bits per heavy atom. The van der Waals surface area contributed by atoms with Crippen molar-refractivity contribution in [2.75, 3.05) is 12.9 Å². The van der Waals surface area contributed by atoms with Gasteiger partial charge in [0, 0.05) is 28.9 Å². The number of halogens is 3. The minimum Gasteiger partial charge on any atom is -0.494 e. The Labute approximate surface area is 221 Å². The van der Waals surface area contributed by atoms with E-state index in [-0.39, 0.29) is 34.6 Å². The van der Waals surface area contributed by atoms with Crippen molar-refractivity contribution in [2.45, 2.75) is 24.4 Å². The van der Waals surface area contributed by atoms with Crippen LogP contribution in [-0.4, -0.2) is 28.3 Å². The third-order valence-electron chi connectivity index (χ3n) is 6.79. The maximum Gasteiger partial charge on any atom is 0.260 e. The van der Waals surface area contributed by atoms with E-state index in [1.54, 1.807) is 37.3 Å². The summed E-state index contributed by atoms with van der Waals surface area (Å²) in [5, 5.41) is 14.0. The smallest absolute Gasteiger partial charge is 0.260 e. The summed E-state index contributed by atoms with van der Waals surface area (Å²) < 4.78 is 51.5. The van der Waals surface area contributed by atoms with Crippen molar-refractivity contribution in [3.05, 3.63) is 117 Å². The van der Waals surface area contributed by atoms with Gasteiger partial charge in [0.15, 0.2) is 11.6 Å². The lowest BCUT2D eigenvalue weighted by Gasteiger charge is -2.21. The zero-order chi connectivity index (χ0) is 27.0. The summed E-state index contributed by atoms with van der Waals surface area (Å²) in [5.41, 5.74) is 1.16. The summed E-state index contributed by atoms with van der Waals surface area (Å²) in [5.74, 6) is -1.86. The van der Waals surface area contributed by atoms with Gasteiger partial charge in [0.2, 0.25) is 0 Å². The summed E-state index contributed by atoms with van der Waals surface area (Å²) in [6.07, 6.45) is -0.158. The van der Waals surface area contributed by atoms with Crippen molar-refractivity contribution in [3.63, 3.8) is 0 Å². The number of hydrogen-bond donors (Lipinski definition) is 1. The molecule has 1 aliphatic rings. The fraction of sp³-hybridized carbons (Fsp3) is 0.172. The Morgan fingerprint density at radius 2 is 1.71 bits per heavy atom. The van der Waals surface area contributed by atoms with Gasteiger partial charge in [0.25, 0.3) is 5.56 Å². The Morgan fingerprint density at radius 3 is 2.37 bits per heavy atom. The van der Waals surface area contributed by atoms with E-state index >= 15 is 4.39 Å². The van der Waals surface area contributed by atoms with Crippen LogP contribution in [0.3, 0.4) is 0 Å². The van der Waals surface area contributed by atoms with Gasteiger partial charge >= 0.3 is 0 Å². The first-order valence-corrected chi connectivity index (χ1v) is 12.8. The van der Waals surface area contributed by atoms with E-state index in [0.29, 0.717) is 27.5 Å². The fourth-order valence-corrected chi connectivity index (χ4v) is 6.27. The zero-order valence-electron chi connectivity index (χ0n) is 20.5. The van der Waals surface area contributed by atoms with Crippen LogP contribution >= 0.6 is 11.8 Å². The Balaban J connectivity index is 1.80. The second-order valence-electron chi connectivity index (χ2n) is 8.84. The van der Waals surface area contributed by atoms with Gasteiger partial charge in [-0.3, -0.25) is 9.36 Å². The van der Waals surface area contributed by atoms with Crippen LogP contribution < -0.4 is 10.3 Å². The Kier molecular flexibility index (Phi) is 7.03. The monoisotopic (exact) mass is 536 g/mol. The second kappa shape index (κ2) is 10.4. The van der Waals surface area contributed by atoms with Gasteiger partial charge in [-0.2, -0.15) is 0 Å². The predicted molar refractivity (Wildman–Crippen MR) is 141 cm³/mol. The molecular formula is C29H23F3N2O3S. The van der Waals surface area contributed by atoms with Crippen LogP contribution in [0.25, 0.3) is 11.1 Å². The molecule has 38 heavy (non-hydrogen) atoms. The highest BCUT2D eigenvalue weighted by atomic mass is 32.2. The lowest BCUT2D eigenvalue weighted by atomic mass is 9.93. The largest absolute Gasteiger partial charge is 0.494 e. The van der Waals surface area contributed by atoms with Gasteiger partial charge in [-0.1, -0.05) is 53.7 Å². The van der Waals surface area contributed by atoms with E-state index in [4.69, 9.17) is 4.74 Å². The second-order valence-corrected chi connectivity index (χ2v) is 9.84. The molecule has 0 bridgehead atoms. The number of hydrogen-bond acceptors (Lipinski definition) is 5. The van der Waals surface area contributed by atoms with E-state index in [2.05, 4.69) is 5.16 Å². The molecule has 0 saturated carbocycles. The van der Waals surface area contributed by atoms with Crippen molar-refractivity contribution in [1.29, 1.82) is 0 Å². The molecule has 1 aromatic heterocycles. The van der Waals surface area contributed by atoms with E-state index < -0.39 is 29.1 Å².